The number of rotatable bonds is 1. The Morgan fingerprint density at radius 1 is 1.13 bits per heavy atom. The molecule has 1 aromatic heterocycles. The first-order valence-electron chi connectivity index (χ1n) is 4.86. The molecule has 0 unspecified atom stereocenters. The van der Waals surface area contributed by atoms with Crippen molar-refractivity contribution in [1.29, 1.82) is 0 Å². The lowest BCUT2D eigenvalue weighted by Crippen LogP contribution is -1.88. The minimum atomic E-state index is -0.215. The molecular weight excluding hydrogens is 189 g/mol. The highest BCUT2D eigenvalue weighted by atomic mass is 19.1. The number of pyridine rings is 1. The molecule has 2 rings (SSSR count). The van der Waals surface area contributed by atoms with E-state index in [2.05, 4.69) is 4.98 Å². The second-order valence-electron chi connectivity index (χ2n) is 3.65. The first-order chi connectivity index (χ1) is 7.16. The van der Waals surface area contributed by atoms with E-state index in [1.807, 2.05) is 26.0 Å². The van der Waals surface area contributed by atoms with Gasteiger partial charge in [0.15, 0.2) is 0 Å². The standard InChI is InChI=1S/C13H12FN/c1-9-6-10(2)15-8-13(9)11-4-3-5-12(14)7-11/h3-8H,1-2H3. The minimum absolute atomic E-state index is 0.215. The lowest BCUT2D eigenvalue weighted by Gasteiger charge is -2.06. The molecule has 15 heavy (non-hydrogen) atoms. The first kappa shape index (κ1) is 9.84. The highest BCUT2D eigenvalue weighted by molar-refractivity contribution is 5.66. The summed E-state index contributed by atoms with van der Waals surface area (Å²) in [5.74, 6) is -0.215. The van der Waals surface area contributed by atoms with Gasteiger partial charge < -0.3 is 0 Å². The fourth-order valence-electron chi connectivity index (χ4n) is 1.65. The Balaban J connectivity index is 2.54. The van der Waals surface area contributed by atoms with E-state index < -0.39 is 0 Å². The Hall–Kier alpha value is -1.70. The van der Waals surface area contributed by atoms with Gasteiger partial charge in [-0.05, 0) is 43.2 Å². The van der Waals surface area contributed by atoms with Gasteiger partial charge in [-0.3, -0.25) is 4.98 Å². The Morgan fingerprint density at radius 3 is 2.60 bits per heavy atom. The van der Waals surface area contributed by atoms with Crippen LogP contribution < -0.4 is 0 Å². The predicted octanol–water partition coefficient (Wildman–Crippen LogP) is 3.50. The smallest absolute Gasteiger partial charge is 0.123 e. The molecule has 0 aliphatic carbocycles. The molecule has 1 aromatic carbocycles. The molecule has 0 saturated heterocycles. The third kappa shape index (κ3) is 2.04. The SMILES string of the molecule is Cc1cc(C)c(-c2cccc(F)c2)cn1. The lowest BCUT2D eigenvalue weighted by molar-refractivity contribution is 0.628. The van der Waals surface area contributed by atoms with Gasteiger partial charge in [-0.15, -0.1) is 0 Å². The molecule has 1 nitrogen and oxygen atoms in total. The fraction of sp³-hybridized carbons (Fsp3) is 0.154. The largest absolute Gasteiger partial charge is 0.261 e. The number of nitrogens with zero attached hydrogens (tertiary/aromatic N) is 1. The van der Waals surface area contributed by atoms with Crippen molar-refractivity contribution in [2.45, 2.75) is 13.8 Å². The molecule has 0 aliphatic heterocycles. The van der Waals surface area contributed by atoms with E-state index in [0.29, 0.717) is 0 Å². The maximum Gasteiger partial charge on any atom is 0.123 e. The van der Waals surface area contributed by atoms with Crippen LogP contribution in [0.4, 0.5) is 4.39 Å². The Kier molecular flexibility index (Phi) is 2.50. The summed E-state index contributed by atoms with van der Waals surface area (Å²) in [6.07, 6.45) is 1.79. The van der Waals surface area contributed by atoms with Gasteiger partial charge in [0.2, 0.25) is 0 Å². The normalized spacial score (nSPS) is 10.3. The minimum Gasteiger partial charge on any atom is -0.261 e. The van der Waals surface area contributed by atoms with Gasteiger partial charge in [0.1, 0.15) is 5.82 Å². The van der Waals surface area contributed by atoms with Crippen molar-refractivity contribution in [1.82, 2.24) is 4.98 Å². The molecule has 0 amide bonds. The molecule has 0 N–H and O–H groups in total. The average molecular weight is 201 g/mol. The molecule has 0 radical (unpaired) electrons. The van der Waals surface area contributed by atoms with E-state index in [9.17, 15) is 4.39 Å². The van der Waals surface area contributed by atoms with Crippen LogP contribution in [0.25, 0.3) is 11.1 Å². The molecule has 0 saturated carbocycles. The van der Waals surface area contributed by atoms with E-state index in [1.165, 1.54) is 12.1 Å². The van der Waals surface area contributed by atoms with Crippen molar-refractivity contribution in [3.05, 3.63) is 53.6 Å². The van der Waals surface area contributed by atoms with Gasteiger partial charge in [0.25, 0.3) is 0 Å². The van der Waals surface area contributed by atoms with Crippen molar-refractivity contribution in [3.8, 4) is 11.1 Å². The number of halogens is 1. The van der Waals surface area contributed by atoms with Crippen molar-refractivity contribution in [2.24, 2.45) is 0 Å². The fourth-order valence-corrected chi connectivity index (χ4v) is 1.65. The first-order valence-corrected chi connectivity index (χ1v) is 4.86. The number of hydrogen-bond acceptors (Lipinski definition) is 1. The summed E-state index contributed by atoms with van der Waals surface area (Å²) >= 11 is 0. The van der Waals surface area contributed by atoms with Crippen LogP contribution in [0.5, 0.6) is 0 Å². The number of aryl methyl sites for hydroxylation is 2. The van der Waals surface area contributed by atoms with Crippen molar-refractivity contribution < 1.29 is 4.39 Å². The summed E-state index contributed by atoms with van der Waals surface area (Å²) in [6.45, 7) is 3.96. The second kappa shape index (κ2) is 3.81. The predicted molar refractivity (Wildman–Crippen MR) is 59.1 cm³/mol. The van der Waals surface area contributed by atoms with E-state index in [-0.39, 0.29) is 5.82 Å². The maximum absolute atomic E-state index is 13.0. The summed E-state index contributed by atoms with van der Waals surface area (Å²) in [5, 5.41) is 0. The highest BCUT2D eigenvalue weighted by Crippen LogP contribution is 2.23. The van der Waals surface area contributed by atoms with Crippen molar-refractivity contribution in [3.63, 3.8) is 0 Å². The number of hydrogen-bond donors (Lipinski definition) is 0. The van der Waals surface area contributed by atoms with E-state index >= 15 is 0 Å². The zero-order chi connectivity index (χ0) is 10.8. The number of benzene rings is 1. The third-order valence-electron chi connectivity index (χ3n) is 2.38. The lowest BCUT2D eigenvalue weighted by atomic mass is 10.0. The summed E-state index contributed by atoms with van der Waals surface area (Å²) in [6, 6.07) is 8.58. The van der Waals surface area contributed by atoms with Crippen LogP contribution in [0, 0.1) is 19.7 Å². The van der Waals surface area contributed by atoms with Crippen LogP contribution in [0.2, 0.25) is 0 Å². The molecule has 1 heterocycles. The van der Waals surface area contributed by atoms with Gasteiger partial charge in [-0.1, -0.05) is 12.1 Å². The van der Waals surface area contributed by atoms with Crippen LogP contribution in [0.1, 0.15) is 11.3 Å². The van der Waals surface area contributed by atoms with E-state index in [0.717, 1.165) is 22.4 Å². The van der Waals surface area contributed by atoms with Gasteiger partial charge in [-0.25, -0.2) is 4.39 Å². The van der Waals surface area contributed by atoms with Crippen LogP contribution in [0.3, 0.4) is 0 Å². The summed E-state index contributed by atoms with van der Waals surface area (Å²) < 4.78 is 13.0. The van der Waals surface area contributed by atoms with Crippen LogP contribution >= 0.6 is 0 Å². The third-order valence-corrected chi connectivity index (χ3v) is 2.38. The summed E-state index contributed by atoms with van der Waals surface area (Å²) in [5.41, 5.74) is 3.96. The second-order valence-corrected chi connectivity index (χ2v) is 3.65. The van der Waals surface area contributed by atoms with Crippen LogP contribution in [0.15, 0.2) is 36.5 Å². The van der Waals surface area contributed by atoms with Gasteiger partial charge in [-0.2, -0.15) is 0 Å². The Bertz CT molecular complexity index is 492. The molecule has 0 spiro atoms. The molecule has 0 atom stereocenters. The van der Waals surface area contributed by atoms with Gasteiger partial charge in [0.05, 0.1) is 0 Å². The summed E-state index contributed by atoms with van der Waals surface area (Å²) in [4.78, 5) is 4.22. The van der Waals surface area contributed by atoms with Crippen molar-refractivity contribution in [2.75, 3.05) is 0 Å². The summed E-state index contributed by atoms with van der Waals surface area (Å²) in [7, 11) is 0. The Morgan fingerprint density at radius 2 is 1.93 bits per heavy atom. The molecule has 0 aliphatic rings. The van der Waals surface area contributed by atoms with Gasteiger partial charge >= 0.3 is 0 Å². The van der Waals surface area contributed by atoms with E-state index in [4.69, 9.17) is 0 Å². The average Bonchev–Trinajstić information content (AvgIpc) is 2.17. The Labute approximate surface area is 88.6 Å². The maximum atomic E-state index is 13.0. The monoisotopic (exact) mass is 201 g/mol. The molecule has 76 valence electrons. The highest BCUT2D eigenvalue weighted by Gasteiger charge is 2.03. The van der Waals surface area contributed by atoms with E-state index in [1.54, 1.807) is 12.3 Å². The van der Waals surface area contributed by atoms with Crippen LogP contribution in [-0.4, -0.2) is 4.98 Å². The van der Waals surface area contributed by atoms with Gasteiger partial charge in [0, 0.05) is 17.5 Å². The zero-order valence-electron chi connectivity index (χ0n) is 8.79. The molecule has 2 heteroatoms. The number of aromatic nitrogens is 1. The molecule has 0 bridgehead atoms. The van der Waals surface area contributed by atoms with Crippen LogP contribution in [-0.2, 0) is 0 Å². The molecular formula is C13H12FN. The zero-order valence-corrected chi connectivity index (χ0v) is 8.79. The van der Waals surface area contributed by atoms with Crippen molar-refractivity contribution >= 4 is 0 Å². The topological polar surface area (TPSA) is 12.9 Å². The molecule has 0 fully saturated rings. The quantitative estimate of drug-likeness (QED) is 0.688. The molecule has 2 aromatic rings.